The summed E-state index contributed by atoms with van der Waals surface area (Å²) in [7, 11) is 0. The van der Waals surface area contributed by atoms with Crippen LogP contribution in [-0.2, 0) is 4.74 Å². The number of carbonyl (C=O) groups is 1. The first-order valence-electron chi connectivity index (χ1n) is 6.65. The summed E-state index contributed by atoms with van der Waals surface area (Å²) in [6.45, 7) is 2.54. The monoisotopic (exact) mass is 280 g/mol. The highest BCUT2D eigenvalue weighted by molar-refractivity contribution is 6.30. The van der Waals surface area contributed by atoms with E-state index in [1.165, 1.54) is 0 Å². The fourth-order valence-corrected chi connectivity index (χ4v) is 2.93. The van der Waals surface area contributed by atoms with Crippen LogP contribution in [0.1, 0.15) is 19.3 Å². The number of nitrogens with one attached hydrogen (secondary N) is 1. The summed E-state index contributed by atoms with van der Waals surface area (Å²) < 4.78 is 5.68. The highest BCUT2D eigenvalue weighted by Gasteiger charge is 2.45. The Labute approximate surface area is 117 Å². The van der Waals surface area contributed by atoms with Crippen molar-refractivity contribution in [2.75, 3.05) is 24.5 Å². The van der Waals surface area contributed by atoms with Gasteiger partial charge in [0, 0.05) is 17.1 Å². The number of amides is 1. The molecule has 0 bridgehead atoms. The SMILES string of the molecule is O=C1OC2(CCCNCC2)CN1c1ccc(Cl)cc1. The number of hydrogen-bond acceptors (Lipinski definition) is 3. The highest BCUT2D eigenvalue weighted by Crippen LogP contribution is 2.34. The van der Waals surface area contributed by atoms with Gasteiger partial charge in [0.05, 0.1) is 6.54 Å². The van der Waals surface area contributed by atoms with Gasteiger partial charge in [0.1, 0.15) is 5.60 Å². The van der Waals surface area contributed by atoms with Crippen molar-refractivity contribution in [3.05, 3.63) is 29.3 Å². The van der Waals surface area contributed by atoms with Crippen LogP contribution in [-0.4, -0.2) is 31.3 Å². The third kappa shape index (κ3) is 2.55. The van der Waals surface area contributed by atoms with Crippen LogP contribution in [0.5, 0.6) is 0 Å². The Bertz CT molecular complexity index is 467. The molecule has 1 aromatic rings. The van der Waals surface area contributed by atoms with Gasteiger partial charge in [-0.15, -0.1) is 0 Å². The summed E-state index contributed by atoms with van der Waals surface area (Å²) >= 11 is 5.88. The van der Waals surface area contributed by atoms with E-state index in [4.69, 9.17) is 16.3 Å². The zero-order chi connectivity index (χ0) is 13.3. The first-order valence-corrected chi connectivity index (χ1v) is 7.03. The summed E-state index contributed by atoms with van der Waals surface area (Å²) in [6, 6.07) is 7.31. The molecule has 3 rings (SSSR count). The summed E-state index contributed by atoms with van der Waals surface area (Å²) in [4.78, 5) is 13.8. The lowest BCUT2D eigenvalue weighted by Gasteiger charge is -2.24. The van der Waals surface area contributed by atoms with Crippen LogP contribution in [0.2, 0.25) is 5.02 Å². The molecule has 4 nitrogen and oxygen atoms in total. The van der Waals surface area contributed by atoms with E-state index in [9.17, 15) is 4.79 Å². The minimum absolute atomic E-state index is 0.246. The maximum Gasteiger partial charge on any atom is 0.415 e. The molecule has 2 saturated heterocycles. The zero-order valence-corrected chi connectivity index (χ0v) is 11.4. The van der Waals surface area contributed by atoms with Crippen LogP contribution in [0.4, 0.5) is 10.5 Å². The summed E-state index contributed by atoms with van der Waals surface area (Å²) in [5, 5.41) is 4.02. The molecule has 5 heteroatoms. The molecule has 0 radical (unpaired) electrons. The number of nitrogens with zero attached hydrogens (tertiary/aromatic N) is 1. The number of rotatable bonds is 1. The smallest absolute Gasteiger partial charge is 0.415 e. The molecule has 1 amide bonds. The first-order chi connectivity index (χ1) is 9.19. The van der Waals surface area contributed by atoms with Gasteiger partial charge in [-0.05, 0) is 50.2 Å². The van der Waals surface area contributed by atoms with Gasteiger partial charge in [-0.2, -0.15) is 0 Å². The molecular weight excluding hydrogens is 264 g/mol. The number of benzene rings is 1. The van der Waals surface area contributed by atoms with E-state index in [1.54, 1.807) is 17.0 Å². The minimum atomic E-state index is -0.319. The number of ether oxygens (including phenoxy) is 1. The molecule has 0 aromatic heterocycles. The molecule has 2 heterocycles. The van der Waals surface area contributed by atoms with E-state index in [2.05, 4.69) is 5.32 Å². The van der Waals surface area contributed by atoms with Crippen molar-refractivity contribution < 1.29 is 9.53 Å². The number of carbonyl (C=O) groups excluding carboxylic acids is 1. The molecule has 19 heavy (non-hydrogen) atoms. The lowest BCUT2D eigenvalue weighted by Crippen LogP contribution is -2.35. The fourth-order valence-electron chi connectivity index (χ4n) is 2.80. The van der Waals surface area contributed by atoms with Gasteiger partial charge in [-0.1, -0.05) is 11.6 Å². The maximum absolute atomic E-state index is 12.1. The first kappa shape index (κ1) is 12.8. The molecule has 1 atom stereocenters. The Morgan fingerprint density at radius 1 is 1.21 bits per heavy atom. The Kier molecular flexibility index (Phi) is 3.37. The predicted molar refractivity (Wildman–Crippen MR) is 74.7 cm³/mol. The van der Waals surface area contributed by atoms with Crippen LogP contribution in [0.15, 0.2) is 24.3 Å². The van der Waals surface area contributed by atoms with Gasteiger partial charge in [0.15, 0.2) is 0 Å². The molecule has 2 aliphatic heterocycles. The van der Waals surface area contributed by atoms with Gasteiger partial charge >= 0.3 is 6.09 Å². The Hall–Kier alpha value is -1.26. The average Bonchev–Trinajstić information content (AvgIpc) is 2.58. The second kappa shape index (κ2) is 5.02. The maximum atomic E-state index is 12.1. The van der Waals surface area contributed by atoms with E-state index in [-0.39, 0.29) is 11.7 Å². The summed E-state index contributed by atoms with van der Waals surface area (Å²) in [5.74, 6) is 0. The van der Waals surface area contributed by atoms with Crippen molar-refractivity contribution in [3.63, 3.8) is 0 Å². The average molecular weight is 281 g/mol. The Balaban J connectivity index is 1.81. The van der Waals surface area contributed by atoms with E-state index in [1.807, 2.05) is 12.1 Å². The molecule has 1 spiro atoms. The number of anilines is 1. The molecule has 2 fully saturated rings. The third-order valence-corrected chi connectivity index (χ3v) is 4.10. The van der Waals surface area contributed by atoms with Crippen molar-refractivity contribution in [2.45, 2.75) is 24.9 Å². The van der Waals surface area contributed by atoms with Crippen molar-refractivity contribution >= 4 is 23.4 Å². The van der Waals surface area contributed by atoms with E-state index in [0.29, 0.717) is 11.6 Å². The quantitative estimate of drug-likeness (QED) is 0.860. The van der Waals surface area contributed by atoms with Crippen molar-refractivity contribution in [1.82, 2.24) is 5.32 Å². The molecular formula is C14H17ClN2O2. The van der Waals surface area contributed by atoms with E-state index >= 15 is 0 Å². The Morgan fingerprint density at radius 2 is 2.00 bits per heavy atom. The lowest BCUT2D eigenvalue weighted by atomic mass is 9.95. The fraction of sp³-hybridized carbons (Fsp3) is 0.500. The van der Waals surface area contributed by atoms with Crippen LogP contribution < -0.4 is 10.2 Å². The van der Waals surface area contributed by atoms with Crippen LogP contribution >= 0.6 is 11.6 Å². The van der Waals surface area contributed by atoms with E-state index in [0.717, 1.165) is 38.0 Å². The largest absolute Gasteiger partial charge is 0.441 e. The summed E-state index contributed by atoms with van der Waals surface area (Å²) in [6.07, 6.45) is 2.60. The van der Waals surface area contributed by atoms with Crippen LogP contribution in [0.25, 0.3) is 0 Å². The predicted octanol–water partition coefficient (Wildman–Crippen LogP) is 2.81. The summed E-state index contributed by atoms with van der Waals surface area (Å²) in [5.41, 5.74) is 0.531. The third-order valence-electron chi connectivity index (χ3n) is 3.85. The second-order valence-corrected chi connectivity index (χ2v) is 5.65. The lowest BCUT2D eigenvalue weighted by molar-refractivity contribution is 0.0470. The Morgan fingerprint density at radius 3 is 2.79 bits per heavy atom. The molecule has 1 unspecified atom stereocenters. The van der Waals surface area contributed by atoms with E-state index < -0.39 is 0 Å². The molecule has 1 aromatic carbocycles. The van der Waals surface area contributed by atoms with Gasteiger partial charge in [0.2, 0.25) is 0 Å². The molecule has 0 aliphatic carbocycles. The van der Waals surface area contributed by atoms with Crippen LogP contribution in [0.3, 0.4) is 0 Å². The zero-order valence-electron chi connectivity index (χ0n) is 10.7. The number of hydrogen-bond donors (Lipinski definition) is 1. The molecule has 0 saturated carbocycles. The van der Waals surface area contributed by atoms with Gasteiger partial charge in [0.25, 0.3) is 0 Å². The van der Waals surface area contributed by atoms with Crippen molar-refractivity contribution in [2.24, 2.45) is 0 Å². The van der Waals surface area contributed by atoms with Crippen molar-refractivity contribution in [3.8, 4) is 0 Å². The molecule has 2 aliphatic rings. The van der Waals surface area contributed by atoms with Crippen LogP contribution in [0, 0.1) is 0 Å². The standard InChI is InChI=1S/C14H17ClN2O2/c15-11-2-4-12(5-3-11)17-10-14(19-13(17)18)6-1-8-16-9-7-14/h2-5,16H,1,6-10H2. The van der Waals surface area contributed by atoms with Gasteiger partial charge < -0.3 is 10.1 Å². The van der Waals surface area contributed by atoms with Gasteiger partial charge in [-0.3, -0.25) is 4.90 Å². The van der Waals surface area contributed by atoms with Gasteiger partial charge in [-0.25, -0.2) is 4.79 Å². The normalized spacial score (nSPS) is 27.4. The molecule has 1 N–H and O–H groups in total. The number of halogens is 1. The minimum Gasteiger partial charge on any atom is -0.441 e. The topological polar surface area (TPSA) is 41.6 Å². The van der Waals surface area contributed by atoms with Crippen molar-refractivity contribution in [1.29, 1.82) is 0 Å². The highest BCUT2D eigenvalue weighted by atomic mass is 35.5. The second-order valence-electron chi connectivity index (χ2n) is 5.22. The molecule has 102 valence electrons.